The summed E-state index contributed by atoms with van der Waals surface area (Å²) in [5.41, 5.74) is 3.25. The average Bonchev–Trinajstić information content (AvgIpc) is 2.46. The van der Waals surface area contributed by atoms with Crippen molar-refractivity contribution in [2.24, 2.45) is 0 Å². The van der Waals surface area contributed by atoms with Gasteiger partial charge < -0.3 is 5.32 Å². The zero-order valence-electron chi connectivity index (χ0n) is 13.1. The Labute approximate surface area is 128 Å². The van der Waals surface area contributed by atoms with Crippen molar-refractivity contribution in [3.05, 3.63) is 29.3 Å². The molecule has 0 saturated heterocycles. The monoisotopic (exact) mass is 310 g/mol. The minimum Gasteiger partial charge on any atom is -0.317 e. The number of aryl methyl sites for hydroxylation is 2. The van der Waals surface area contributed by atoms with E-state index in [1.807, 2.05) is 12.1 Å². The molecule has 0 aliphatic carbocycles. The quantitative estimate of drug-likeness (QED) is 0.787. The van der Waals surface area contributed by atoms with Crippen LogP contribution < -0.4 is 9.62 Å². The Hall–Kier alpha value is -1.07. The summed E-state index contributed by atoms with van der Waals surface area (Å²) in [5.74, 6) is 0.242. The molecule has 0 unspecified atom stereocenters. The second kappa shape index (κ2) is 7.27. The fourth-order valence-corrected chi connectivity index (χ4v) is 4.48. The molecular weight excluding hydrogens is 284 g/mol. The van der Waals surface area contributed by atoms with Gasteiger partial charge in [-0.25, -0.2) is 8.42 Å². The van der Waals surface area contributed by atoms with Crippen molar-refractivity contribution < 1.29 is 8.42 Å². The molecule has 118 valence electrons. The molecule has 0 atom stereocenters. The topological polar surface area (TPSA) is 49.4 Å². The smallest absolute Gasteiger partial charge is 0.235 e. The van der Waals surface area contributed by atoms with Gasteiger partial charge in [0.1, 0.15) is 0 Å². The Morgan fingerprint density at radius 2 is 2.10 bits per heavy atom. The van der Waals surface area contributed by atoms with E-state index >= 15 is 0 Å². The summed E-state index contributed by atoms with van der Waals surface area (Å²) in [5, 5.41) is 3.23. The fourth-order valence-electron chi connectivity index (χ4n) is 2.80. The van der Waals surface area contributed by atoms with Crippen LogP contribution in [0.2, 0.25) is 0 Å². The second-order valence-corrected chi connectivity index (χ2v) is 7.70. The number of rotatable bonds is 7. The van der Waals surface area contributed by atoms with Gasteiger partial charge in [-0.3, -0.25) is 4.31 Å². The van der Waals surface area contributed by atoms with E-state index in [4.69, 9.17) is 0 Å². The number of hydrogen-bond donors (Lipinski definition) is 1. The number of hydrogen-bond acceptors (Lipinski definition) is 3. The highest BCUT2D eigenvalue weighted by Gasteiger charge is 2.26. The van der Waals surface area contributed by atoms with E-state index in [2.05, 4.69) is 25.2 Å². The van der Waals surface area contributed by atoms with Gasteiger partial charge in [0, 0.05) is 6.54 Å². The summed E-state index contributed by atoms with van der Waals surface area (Å²) < 4.78 is 26.8. The largest absolute Gasteiger partial charge is 0.317 e. The standard InChI is InChI=1S/C16H26N2O2S/c1-3-17-10-4-5-12-21(19,20)18-11-6-7-15-13-14(2)8-9-16(15)18/h8-9,13,17H,3-7,10-12H2,1-2H3. The van der Waals surface area contributed by atoms with Crippen LogP contribution in [0.25, 0.3) is 0 Å². The first-order valence-corrected chi connectivity index (χ1v) is 9.46. The first-order chi connectivity index (χ1) is 10.0. The van der Waals surface area contributed by atoms with Gasteiger partial charge in [0.25, 0.3) is 0 Å². The van der Waals surface area contributed by atoms with Crippen LogP contribution in [0, 0.1) is 6.92 Å². The lowest BCUT2D eigenvalue weighted by Gasteiger charge is -2.30. The van der Waals surface area contributed by atoms with E-state index < -0.39 is 10.0 Å². The van der Waals surface area contributed by atoms with Gasteiger partial charge in [-0.05, 0) is 57.3 Å². The number of nitrogens with zero attached hydrogens (tertiary/aromatic N) is 1. The Balaban J connectivity index is 2.04. The van der Waals surface area contributed by atoms with Gasteiger partial charge >= 0.3 is 0 Å². The van der Waals surface area contributed by atoms with Crippen molar-refractivity contribution in [2.45, 2.75) is 39.5 Å². The molecular formula is C16H26N2O2S. The van der Waals surface area contributed by atoms with Crippen LogP contribution in [-0.4, -0.2) is 33.8 Å². The molecule has 1 aliphatic rings. The van der Waals surface area contributed by atoms with E-state index in [9.17, 15) is 8.42 Å². The number of sulfonamides is 1. The minimum atomic E-state index is -3.19. The zero-order valence-corrected chi connectivity index (χ0v) is 13.9. The Kier molecular flexibility index (Phi) is 5.65. The van der Waals surface area contributed by atoms with Crippen LogP contribution in [0.15, 0.2) is 18.2 Å². The lowest BCUT2D eigenvalue weighted by molar-refractivity contribution is 0.579. The van der Waals surface area contributed by atoms with Crippen molar-refractivity contribution >= 4 is 15.7 Å². The molecule has 0 bridgehead atoms. The number of nitrogens with one attached hydrogen (secondary N) is 1. The van der Waals surface area contributed by atoms with E-state index in [1.54, 1.807) is 4.31 Å². The van der Waals surface area contributed by atoms with Crippen molar-refractivity contribution in [3.8, 4) is 0 Å². The van der Waals surface area contributed by atoms with Gasteiger partial charge in [0.15, 0.2) is 0 Å². The average molecular weight is 310 g/mol. The van der Waals surface area contributed by atoms with Crippen LogP contribution in [0.4, 0.5) is 5.69 Å². The highest BCUT2D eigenvalue weighted by atomic mass is 32.2. The Morgan fingerprint density at radius 3 is 2.86 bits per heavy atom. The summed E-state index contributed by atoms with van der Waals surface area (Å²) in [7, 11) is -3.19. The molecule has 1 aromatic carbocycles. The molecule has 0 saturated carbocycles. The maximum atomic E-state index is 12.6. The van der Waals surface area contributed by atoms with Gasteiger partial charge in [-0.1, -0.05) is 24.6 Å². The molecule has 21 heavy (non-hydrogen) atoms. The lowest BCUT2D eigenvalue weighted by Crippen LogP contribution is -2.37. The number of fused-ring (bicyclic) bond motifs is 1. The van der Waals surface area contributed by atoms with Crippen LogP contribution in [0.1, 0.15) is 37.3 Å². The highest BCUT2D eigenvalue weighted by Crippen LogP contribution is 2.30. The van der Waals surface area contributed by atoms with Gasteiger partial charge in [0.2, 0.25) is 10.0 Å². The third-order valence-electron chi connectivity index (χ3n) is 3.90. The molecule has 4 nitrogen and oxygen atoms in total. The molecule has 1 aliphatic heterocycles. The maximum Gasteiger partial charge on any atom is 0.235 e. The summed E-state index contributed by atoms with van der Waals surface area (Å²) >= 11 is 0. The van der Waals surface area contributed by atoms with Crippen molar-refractivity contribution in [1.82, 2.24) is 5.32 Å². The van der Waals surface area contributed by atoms with E-state index in [0.29, 0.717) is 13.0 Å². The molecule has 1 N–H and O–H groups in total. The number of unbranched alkanes of at least 4 members (excludes halogenated alkanes) is 1. The van der Waals surface area contributed by atoms with Crippen molar-refractivity contribution in [2.75, 3.05) is 29.7 Å². The number of anilines is 1. The minimum absolute atomic E-state index is 0.242. The third kappa shape index (κ3) is 4.20. The molecule has 0 amide bonds. The zero-order chi connectivity index (χ0) is 15.3. The lowest BCUT2D eigenvalue weighted by atomic mass is 10.0. The fraction of sp³-hybridized carbons (Fsp3) is 0.625. The van der Waals surface area contributed by atoms with Crippen LogP contribution in [0.5, 0.6) is 0 Å². The van der Waals surface area contributed by atoms with Crippen LogP contribution in [0.3, 0.4) is 0 Å². The number of benzene rings is 1. The van der Waals surface area contributed by atoms with Crippen LogP contribution in [-0.2, 0) is 16.4 Å². The van der Waals surface area contributed by atoms with E-state index in [1.165, 1.54) is 5.56 Å². The maximum absolute atomic E-state index is 12.6. The first-order valence-electron chi connectivity index (χ1n) is 7.85. The van der Waals surface area contributed by atoms with Crippen LogP contribution >= 0.6 is 0 Å². The Bertz CT molecular complexity index is 570. The summed E-state index contributed by atoms with van der Waals surface area (Å²) in [6.07, 6.45) is 3.51. The highest BCUT2D eigenvalue weighted by molar-refractivity contribution is 7.92. The van der Waals surface area contributed by atoms with E-state index in [-0.39, 0.29) is 5.75 Å². The van der Waals surface area contributed by atoms with Crippen molar-refractivity contribution in [3.63, 3.8) is 0 Å². The summed E-state index contributed by atoms with van der Waals surface area (Å²) in [6.45, 7) is 6.55. The predicted octanol–water partition coefficient (Wildman–Crippen LogP) is 2.47. The molecule has 2 rings (SSSR count). The molecule has 5 heteroatoms. The summed E-state index contributed by atoms with van der Waals surface area (Å²) in [6, 6.07) is 6.07. The SMILES string of the molecule is CCNCCCCS(=O)(=O)N1CCCc2cc(C)ccc21. The van der Waals surface area contributed by atoms with Gasteiger partial charge in [0.05, 0.1) is 11.4 Å². The molecule has 0 fully saturated rings. The normalized spacial score (nSPS) is 15.0. The van der Waals surface area contributed by atoms with E-state index in [0.717, 1.165) is 43.6 Å². The summed E-state index contributed by atoms with van der Waals surface area (Å²) in [4.78, 5) is 0. The Morgan fingerprint density at radius 1 is 1.29 bits per heavy atom. The third-order valence-corrected chi connectivity index (χ3v) is 5.76. The van der Waals surface area contributed by atoms with Gasteiger partial charge in [-0.15, -0.1) is 0 Å². The molecule has 0 aromatic heterocycles. The molecule has 1 aromatic rings. The predicted molar refractivity (Wildman–Crippen MR) is 88.4 cm³/mol. The molecule has 0 radical (unpaired) electrons. The van der Waals surface area contributed by atoms with Gasteiger partial charge in [-0.2, -0.15) is 0 Å². The molecule has 1 heterocycles. The van der Waals surface area contributed by atoms with Crippen molar-refractivity contribution in [1.29, 1.82) is 0 Å². The first kappa shape index (κ1) is 16.3. The second-order valence-electron chi connectivity index (χ2n) is 5.68. The molecule has 0 spiro atoms.